The first-order valence-electron chi connectivity index (χ1n) is 7.89. The van der Waals surface area contributed by atoms with Gasteiger partial charge in [-0.3, -0.25) is 9.80 Å². The third kappa shape index (κ3) is 2.45. The van der Waals surface area contributed by atoms with Crippen LogP contribution in [0, 0.1) is 11.8 Å². The van der Waals surface area contributed by atoms with Crippen molar-refractivity contribution >= 4 is 0 Å². The minimum atomic E-state index is 0.726. The lowest BCUT2D eigenvalue weighted by molar-refractivity contribution is 0.0925. The first kappa shape index (κ1) is 12.9. The molecule has 4 unspecified atom stereocenters. The van der Waals surface area contributed by atoms with Crippen molar-refractivity contribution in [3.05, 3.63) is 0 Å². The average molecular weight is 251 g/mol. The average Bonchev–Trinajstić information content (AvgIpc) is 3.13. The van der Waals surface area contributed by atoms with E-state index in [0.717, 1.165) is 36.5 Å². The van der Waals surface area contributed by atoms with Gasteiger partial charge in [-0.05, 0) is 57.5 Å². The summed E-state index contributed by atoms with van der Waals surface area (Å²) in [5.41, 5.74) is 5.93. The Balaban J connectivity index is 1.58. The highest BCUT2D eigenvalue weighted by Gasteiger charge is 2.41. The van der Waals surface area contributed by atoms with E-state index in [1.165, 1.54) is 45.3 Å². The molecule has 3 aliphatic rings. The highest BCUT2D eigenvalue weighted by atomic mass is 15.3. The van der Waals surface area contributed by atoms with Gasteiger partial charge in [-0.25, -0.2) is 0 Å². The van der Waals surface area contributed by atoms with Crippen LogP contribution in [0.2, 0.25) is 0 Å². The summed E-state index contributed by atoms with van der Waals surface area (Å²) in [6.07, 6.45) is 5.61. The van der Waals surface area contributed by atoms with Crippen molar-refractivity contribution in [2.24, 2.45) is 17.6 Å². The van der Waals surface area contributed by atoms with Crippen molar-refractivity contribution in [2.45, 2.75) is 57.7 Å². The predicted octanol–water partition coefficient (Wildman–Crippen LogP) is 1.53. The largest absolute Gasteiger partial charge is 0.330 e. The van der Waals surface area contributed by atoms with Gasteiger partial charge in [0.25, 0.3) is 0 Å². The molecule has 3 heteroatoms. The molecule has 18 heavy (non-hydrogen) atoms. The van der Waals surface area contributed by atoms with Crippen molar-refractivity contribution in [1.82, 2.24) is 9.80 Å². The summed E-state index contributed by atoms with van der Waals surface area (Å²) in [6, 6.07) is 2.54. The molecule has 3 fully saturated rings. The van der Waals surface area contributed by atoms with Gasteiger partial charge < -0.3 is 5.73 Å². The van der Waals surface area contributed by atoms with Gasteiger partial charge in [0.2, 0.25) is 0 Å². The van der Waals surface area contributed by atoms with E-state index >= 15 is 0 Å². The zero-order chi connectivity index (χ0) is 12.7. The Morgan fingerprint density at radius 2 is 1.83 bits per heavy atom. The van der Waals surface area contributed by atoms with Gasteiger partial charge in [-0.1, -0.05) is 6.92 Å². The van der Waals surface area contributed by atoms with E-state index in [-0.39, 0.29) is 0 Å². The molecular formula is C15H29N3. The third-order valence-corrected chi connectivity index (χ3v) is 5.58. The highest BCUT2D eigenvalue weighted by Crippen LogP contribution is 2.36. The monoisotopic (exact) mass is 251 g/mol. The molecule has 2 heterocycles. The van der Waals surface area contributed by atoms with Crippen LogP contribution in [0.4, 0.5) is 0 Å². The number of likely N-dealkylation sites (tertiary alicyclic amines) is 2. The maximum Gasteiger partial charge on any atom is 0.0238 e. The Bertz CT molecular complexity index is 287. The molecule has 4 atom stereocenters. The van der Waals surface area contributed by atoms with E-state index in [2.05, 4.69) is 23.6 Å². The molecule has 2 aliphatic heterocycles. The van der Waals surface area contributed by atoms with Crippen molar-refractivity contribution in [3.63, 3.8) is 0 Å². The van der Waals surface area contributed by atoms with Crippen molar-refractivity contribution < 1.29 is 0 Å². The molecule has 3 rings (SSSR count). The standard InChI is InChI=1S/C15H29N3/c1-11-5-6-17(9-13(11)8-16)15-7-12(2)18(10-15)14-3-4-14/h11-15H,3-10,16H2,1-2H3. The second-order valence-electron chi connectivity index (χ2n) is 6.92. The lowest BCUT2D eigenvalue weighted by Crippen LogP contribution is -2.48. The number of nitrogens with zero attached hydrogens (tertiary/aromatic N) is 2. The van der Waals surface area contributed by atoms with Crippen LogP contribution >= 0.6 is 0 Å². The molecule has 0 aromatic heterocycles. The first-order chi connectivity index (χ1) is 8.69. The quantitative estimate of drug-likeness (QED) is 0.825. The van der Waals surface area contributed by atoms with Crippen LogP contribution in [0.3, 0.4) is 0 Å². The maximum atomic E-state index is 5.93. The Morgan fingerprint density at radius 3 is 2.50 bits per heavy atom. The fraction of sp³-hybridized carbons (Fsp3) is 1.00. The molecule has 0 spiro atoms. The number of hydrogen-bond donors (Lipinski definition) is 1. The Morgan fingerprint density at radius 1 is 1.06 bits per heavy atom. The van der Waals surface area contributed by atoms with Gasteiger partial charge in [-0.2, -0.15) is 0 Å². The Kier molecular flexibility index (Phi) is 3.65. The van der Waals surface area contributed by atoms with E-state index in [1.807, 2.05) is 0 Å². The van der Waals surface area contributed by atoms with Crippen LogP contribution in [-0.2, 0) is 0 Å². The highest BCUT2D eigenvalue weighted by molar-refractivity contribution is 4.97. The molecule has 0 aromatic rings. The second kappa shape index (κ2) is 5.10. The minimum Gasteiger partial charge on any atom is -0.330 e. The molecule has 0 aromatic carbocycles. The topological polar surface area (TPSA) is 32.5 Å². The van der Waals surface area contributed by atoms with Crippen LogP contribution in [0.25, 0.3) is 0 Å². The number of nitrogens with two attached hydrogens (primary N) is 1. The smallest absolute Gasteiger partial charge is 0.0238 e. The summed E-state index contributed by atoms with van der Waals surface area (Å²) >= 11 is 0. The van der Waals surface area contributed by atoms with Crippen molar-refractivity contribution in [3.8, 4) is 0 Å². The normalized spacial score (nSPS) is 43.5. The van der Waals surface area contributed by atoms with Crippen molar-refractivity contribution in [2.75, 3.05) is 26.2 Å². The fourth-order valence-electron chi connectivity index (χ4n) is 4.02. The number of rotatable bonds is 3. The molecular weight excluding hydrogens is 222 g/mol. The molecule has 0 amide bonds. The molecule has 3 nitrogen and oxygen atoms in total. The van der Waals surface area contributed by atoms with Gasteiger partial charge in [0.1, 0.15) is 0 Å². The zero-order valence-corrected chi connectivity index (χ0v) is 12.0. The number of piperidine rings is 1. The minimum absolute atomic E-state index is 0.726. The zero-order valence-electron chi connectivity index (χ0n) is 12.0. The Hall–Kier alpha value is -0.120. The summed E-state index contributed by atoms with van der Waals surface area (Å²) < 4.78 is 0. The van der Waals surface area contributed by atoms with Gasteiger partial charge in [0.15, 0.2) is 0 Å². The van der Waals surface area contributed by atoms with Crippen LogP contribution in [0.1, 0.15) is 39.5 Å². The lowest BCUT2D eigenvalue weighted by atomic mass is 9.86. The first-order valence-corrected chi connectivity index (χ1v) is 7.89. The van der Waals surface area contributed by atoms with Crippen LogP contribution in [0.5, 0.6) is 0 Å². The van der Waals surface area contributed by atoms with E-state index < -0.39 is 0 Å². The molecule has 1 aliphatic carbocycles. The van der Waals surface area contributed by atoms with Crippen LogP contribution in [0.15, 0.2) is 0 Å². The van der Waals surface area contributed by atoms with E-state index in [9.17, 15) is 0 Å². The van der Waals surface area contributed by atoms with Gasteiger partial charge in [0, 0.05) is 31.2 Å². The predicted molar refractivity (Wildman–Crippen MR) is 75.5 cm³/mol. The fourth-order valence-corrected chi connectivity index (χ4v) is 4.02. The summed E-state index contributed by atoms with van der Waals surface area (Å²) in [5.74, 6) is 1.55. The summed E-state index contributed by atoms with van der Waals surface area (Å²) in [7, 11) is 0. The molecule has 2 N–H and O–H groups in total. The molecule has 2 saturated heterocycles. The lowest BCUT2D eigenvalue weighted by Gasteiger charge is -2.39. The van der Waals surface area contributed by atoms with Crippen molar-refractivity contribution in [1.29, 1.82) is 0 Å². The van der Waals surface area contributed by atoms with Gasteiger partial charge in [-0.15, -0.1) is 0 Å². The summed E-state index contributed by atoms with van der Waals surface area (Å²) in [4.78, 5) is 5.51. The van der Waals surface area contributed by atoms with Crippen LogP contribution in [-0.4, -0.2) is 54.1 Å². The molecule has 0 bridgehead atoms. The van der Waals surface area contributed by atoms with Crippen LogP contribution < -0.4 is 5.73 Å². The van der Waals surface area contributed by atoms with Gasteiger partial charge in [0.05, 0.1) is 0 Å². The van der Waals surface area contributed by atoms with E-state index in [1.54, 1.807) is 0 Å². The van der Waals surface area contributed by atoms with Gasteiger partial charge >= 0.3 is 0 Å². The van der Waals surface area contributed by atoms with E-state index in [0.29, 0.717) is 0 Å². The maximum absolute atomic E-state index is 5.93. The molecule has 0 radical (unpaired) electrons. The molecule has 1 saturated carbocycles. The summed E-state index contributed by atoms with van der Waals surface area (Å²) in [6.45, 7) is 9.53. The second-order valence-corrected chi connectivity index (χ2v) is 6.92. The van der Waals surface area contributed by atoms with E-state index in [4.69, 9.17) is 5.73 Å². The third-order valence-electron chi connectivity index (χ3n) is 5.58. The summed E-state index contributed by atoms with van der Waals surface area (Å²) in [5, 5.41) is 0. The SMILES string of the molecule is CC1CCN(C2CC(C)N(C3CC3)C2)CC1CN. The Labute approximate surface area is 112 Å². The number of hydrogen-bond acceptors (Lipinski definition) is 3. The molecule has 104 valence electrons.